The lowest BCUT2D eigenvalue weighted by atomic mass is 9.78. The summed E-state index contributed by atoms with van der Waals surface area (Å²) in [5.74, 6) is 1.31. The first-order valence-corrected chi connectivity index (χ1v) is 9.19. The number of aromatic nitrogens is 1. The van der Waals surface area contributed by atoms with E-state index in [9.17, 15) is 5.11 Å². The summed E-state index contributed by atoms with van der Waals surface area (Å²) in [6.45, 7) is 7.68. The third-order valence-electron chi connectivity index (χ3n) is 5.18. The van der Waals surface area contributed by atoms with Crippen LogP contribution in [0.15, 0.2) is 11.6 Å². The molecule has 1 saturated heterocycles. The molecule has 1 aromatic rings. The first kappa shape index (κ1) is 15.3. The van der Waals surface area contributed by atoms with Crippen LogP contribution in [0.2, 0.25) is 0 Å². The molecule has 0 spiro atoms. The Hall–Kier alpha value is -0.650. The quantitative estimate of drug-likeness (QED) is 0.927. The van der Waals surface area contributed by atoms with Crippen molar-refractivity contribution in [2.45, 2.75) is 38.7 Å². The highest BCUT2D eigenvalue weighted by atomic mass is 32.1. The molecule has 2 heterocycles. The van der Waals surface area contributed by atoms with Crippen LogP contribution in [0, 0.1) is 11.8 Å². The van der Waals surface area contributed by atoms with Gasteiger partial charge in [-0.1, -0.05) is 13.3 Å². The zero-order chi connectivity index (χ0) is 14.7. The fourth-order valence-corrected chi connectivity index (χ4v) is 4.43. The minimum absolute atomic E-state index is 0.0789. The molecule has 4 nitrogen and oxygen atoms in total. The van der Waals surface area contributed by atoms with E-state index < -0.39 is 0 Å². The predicted octanol–water partition coefficient (Wildman–Crippen LogP) is 2.45. The number of hydrogen-bond acceptors (Lipinski definition) is 5. The lowest BCUT2D eigenvalue weighted by molar-refractivity contribution is 0.0258. The van der Waals surface area contributed by atoms with E-state index in [1.54, 1.807) is 11.3 Å². The lowest BCUT2D eigenvalue weighted by Crippen LogP contribution is -2.49. The van der Waals surface area contributed by atoms with E-state index in [0.717, 1.165) is 50.2 Å². The van der Waals surface area contributed by atoms with Crippen LogP contribution in [0.5, 0.6) is 0 Å². The van der Waals surface area contributed by atoms with Crippen molar-refractivity contribution in [3.05, 3.63) is 11.6 Å². The Kier molecular flexibility index (Phi) is 5.14. The molecule has 3 unspecified atom stereocenters. The second-order valence-electron chi connectivity index (χ2n) is 6.52. The number of nitrogens with zero attached hydrogens (tertiary/aromatic N) is 3. The zero-order valence-corrected chi connectivity index (χ0v) is 13.8. The van der Waals surface area contributed by atoms with Gasteiger partial charge in [-0.3, -0.25) is 4.90 Å². The van der Waals surface area contributed by atoms with Crippen LogP contribution in [0.4, 0.5) is 5.13 Å². The summed E-state index contributed by atoms with van der Waals surface area (Å²) in [4.78, 5) is 9.32. The largest absolute Gasteiger partial charge is 0.393 e. The Bertz CT molecular complexity index is 417. The van der Waals surface area contributed by atoms with Crippen molar-refractivity contribution in [1.29, 1.82) is 0 Å². The van der Waals surface area contributed by atoms with E-state index in [1.807, 2.05) is 11.6 Å². The molecule has 118 valence electrons. The summed E-state index contributed by atoms with van der Waals surface area (Å²) in [7, 11) is 0. The molecule has 2 fully saturated rings. The first-order valence-electron chi connectivity index (χ1n) is 8.31. The van der Waals surface area contributed by atoms with Gasteiger partial charge in [-0.25, -0.2) is 4.98 Å². The monoisotopic (exact) mass is 309 g/mol. The third kappa shape index (κ3) is 3.76. The van der Waals surface area contributed by atoms with Gasteiger partial charge in [0.2, 0.25) is 0 Å². The van der Waals surface area contributed by atoms with Crippen LogP contribution >= 0.6 is 11.3 Å². The minimum Gasteiger partial charge on any atom is -0.393 e. The molecular weight excluding hydrogens is 282 g/mol. The van der Waals surface area contributed by atoms with Crippen LogP contribution in [-0.2, 0) is 0 Å². The molecule has 2 aliphatic rings. The Morgan fingerprint density at radius 1 is 1.29 bits per heavy atom. The molecule has 0 amide bonds. The average molecular weight is 309 g/mol. The van der Waals surface area contributed by atoms with Crippen LogP contribution in [0.1, 0.15) is 32.6 Å². The number of aliphatic hydroxyl groups excluding tert-OH is 1. The fourth-order valence-electron chi connectivity index (χ4n) is 3.74. The zero-order valence-electron chi connectivity index (χ0n) is 12.9. The van der Waals surface area contributed by atoms with Gasteiger partial charge in [0.05, 0.1) is 6.10 Å². The maximum absolute atomic E-state index is 10.3. The van der Waals surface area contributed by atoms with E-state index in [2.05, 4.69) is 21.7 Å². The molecule has 3 rings (SSSR count). The van der Waals surface area contributed by atoms with Gasteiger partial charge in [-0.15, -0.1) is 11.3 Å². The van der Waals surface area contributed by atoms with Crippen LogP contribution in [-0.4, -0.2) is 53.8 Å². The summed E-state index contributed by atoms with van der Waals surface area (Å²) in [5.41, 5.74) is 0. The smallest absolute Gasteiger partial charge is 0.185 e. The fraction of sp³-hybridized carbons (Fsp3) is 0.812. The summed E-state index contributed by atoms with van der Waals surface area (Å²) in [6.07, 6.45) is 6.50. The van der Waals surface area contributed by atoms with E-state index >= 15 is 0 Å². The van der Waals surface area contributed by atoms with Crippen molar-refractivity contribution in [2.24, 2.45) is 11.8 Å². The second kappa shape index (κ2) is 7.07. The van der Waals surface area contributed by atoms with Crippen LogP contribution in [0.3, 0.4) is 0 Å². The predicted molar refractivity (Wildman–Crippen MR) is 87.9 cm³/mol. The number of rotatable bonds is 4. The minimum atomic E-state index is -0.0789. The summed E-state index contributed by atoms with van der Waals surface area (Å²) >= 11 is 1.73. The van der Waals surface area contributed by atoms with Gasteiger partial charge >= 0.3 is 0 Å². The first-order chi connectivity index (χ1) is 10.3. The number of aliphatic hydroxyl groups is 1. The van der Waals surface area contributed by atoms with Gasteiger partial charge in [-0.05, 0) is 31.1 Å². The van der Waals surface area contributed by atoms with Crippen LogP contribution < -0.4 is 4.90 Å². The number of thiazole rings is 1. The van der Waals surface area contributed by atoms with Gasteiger partial charge in [0, 0.05) is 44.3 Å². The Balaban J connectivity index is 1.48. The van der Waals surface area contributed by atoms with E-state index in [0.29, 0.717) is 5.92 Å². The average Bonchev–Trinajstić information content (AvgIpc) is 3.04. The van der Waals surface area contributed by atoms with Crippen molar-refractivity contribution >= 4 is 16.5 Å². The van der Waals surface area contributed by atoms with Crippen molar-refractivity contribution < 1.29 is 5.11 Å². The standard InChI is InChI=1S/C16H27N3OS/c1-2-13-3-4-15(20)14(11-13)12-18-6-8-19(9-7-18)16-17-5-10-21-16/h5,10,13-15,20H,2-4,6-9,11-12H2,1H3. The topological polar surface area (TPSA) is 39.6 Å². The second-order valence-corrected chi connectivity index (χ2v) is 7.39. The number of hydrogen-bond donors (Lipinski definition) is 1. The van der Waals surface area contributed by atoms with Crippen molar-refractivity contribution in [2.75, 3.05) is 37.6 Å². The summed E-state index contributed by atoms with van der Waals surface area (Å²) in [6, 6.07) is 0. The number of anilines is 1. The van der Waals surface area contributed by atoms with Crippen molar-refractivity contribution in [3.63, 3.8) is 0 Å². The molecule has 0 bridgehead atoms. The Labute approximate surface area is 131 Å². The van der Waals surface area contributed by atoms with Gasteiger partial charge in [0.25, 0.3) is 0 Å². The molecule has 3 atom stereocenters. The number of piperazine rings is 1. The normalized spacial score (nSPS) is 31.5. The van der Waals surface area contributed by atoms with Crippen molar-refractivity contribution in [3.8, 4) is 0 Å². The molecule has 5 heteroatoms. The lowest BCUT2D eigenvalue weighted by Gasteiger charge is -2.40. The highest BCUT2D eigenvalue weighted by molar-refractivity contribution is 7.13. The molecule has 1 N–H and O–H groups in total. The van der Waals surface area contributed by atoms with Gasteiger partial charge < -0.3 is 10.0 Å². The molecule has 21 heavy (non-hydrogen) atoms. The Morgan fingerprint density at radius 3 is 2.76 bits per heavy atom. The Morgan fingerprint density at radius 2 is 2.10 bits per heavy atom. The molecule has 1 aliphatic heterocycles. The molecule has 1 aromatic heterocycles. The van der Waals surface area contributed by atoms with Gasteiger partial charge in [0.15, 0.2) is 5.13 Å². The summed E-state index contributed by atoms with van der Waals surface area (Å²) < 4.78 is 0. The maximum atomic E-state index is 10.3. The third-order valence-corrected chi connectivity index (χ3v) is 6.02. The summed E-state index contributed by atoms with van der Waals surface area (Å²) in [5, 5.41) is 13.5. The molecule has 0 aromatic carbocycles. The van der Waals surface area contributed by atoms with E-state index in [1.165, 1.54) is 19.3 Å². The molecule has 0 radical (unpaired) electrons. The maximum Gasteiger partial charge on any atom is 0.185 e. The SMILES string of the molecule is CCC1CCC(O)C(CN2CCN(c3nccs3)CC2)C1. The van der Waals surface area contributed by atoms with Gasteiger partial charge in [0.1, 0.15) is 0 Å². The van der Waals surface area contributed by atoms with E-state index in [-0.39, 0.29) is 6.10 Å². The van der Waals surface area contributed by atoms with Crippen molar-refractivity contribution in [1.82, 2.24) is 9.88 Å². The van der Waals surface area contributed by atoms with E-state index in [4.69, 9.17) is 0 Å². The van der Waals surface area contributed by atoms with Gasteiger partial charge in [-0.2, -0.15) is 0 Å². The highest BCUT2D eigenvalue weighted by Crippen LogP contribution is 2.32. The highest BCUT2D eigenvalue weighted by Gasteiger charge is 2.30. The molecule has 1 aliphatic carbocycles. The van der Waals surface area contributed by atoms with Crippen LogP contribution in [0.25, 0.3) is 0 Å². The molecular formula is C16H27N3OS. The molecule has 1 saturated carbocycles.